The van der Waals surface area contributed by atoms with Gasteiger partial charge in [-0.3, -0.25) is 4.79 Å². The Morgan fingerprint density at radius 1 is 0.857 bits per heavy atom. The Kier molecular flexibility index (Phi) is 4.68. The molecule has 3 aromatic rings. The van der Waals surface area contributed by atoms with E-state index in [9.17, 15) is 15.0 Å². The maximum Gasteiger partial charge on any atom is 0.193 e. The van der Waals surface area contributed by atoms with Crippen LogP contribution in [0, 0.1) is 0 Å². The van der Waals surface area contributed by atoms with Crippen molar-refractivity contribution in [3.63, 3.8) is 0 Å². The van der Waals surface area contributed by atoms with Gasteiger partial charge in [0.2, 0.25) is 0 Å². The van der Waals surface area contributed by atoms with Gasteiger partial charge in [0.25, 0.3) is 0 Å². The fraction of sp³-hybridized carbons (Fsp3) is 0.0800. The second kappa shape index (κ2) is 7.29. The standard InChI is InChI=1S/C25H20O3/c26-20-15-13-19(14-16-20)24(27)21-10-4-5-12-23(21)25(28)17-7-6-11-22(25)18-8-2-1-3-9-18/h1-16,26,28H,17H2. The summed E-state index contributed by atoms with van der Waals surface area (Å²) in [5.41, 5.74) is 1.87. The fourth-order valence-corrected chi connectivity index (χ4v) is 3.67. The minimum absolute atomic E-state index is 0.107. The number of aliphatic hydroxyl groups is 1. The number of phenols is 1. The molecule has 2 N–H and O–H groups in total. The number of carbonyl (C=O) groups is 1. The highest BCUT2D eigenvalue weighted by molar-refractivity contribution is 6.10. The van der Waals surface area contributed by atoms with Gasteiger partial charge in [0.1, 0.15) is 11.4 Å². The molecule has 0 aliphatic heterocycles. The van der Waals surface area contributed by atoms with Crippen LogP contribution < -0.4 is 0 Å². The molecule has 3 heteroatoms. The summed E-state index contributed by atoms with van der Waals surface area (Å²) in [6.45, 7) is 0. The monoisotopic (exact) mass is 368 g/mol. The molecule has 0 spiro atoms. The van der Waals surface area contributed by atoms with Gasteiger partial charge in [0, 0.05) is 17.5 Å². The summed E-state index contributed by atoms with van der Waals surface area (Å²) in [5, 5.41) is 21.3. The van der Waals surface area contributed by atoms with Crippen molar-refractivity contribution in [3.8, 4) is 5.75 Å². The summed E-state index contributed by atoms with van der Waals surface area (Å²) >= 11 is 0. The summed E-state index contributed by atoms with van der Waals surface area (Å²) in [6.07, 6.45) is 6.13. The van der Waals surface area contributed by atoms with E-state index in [1.54, 1.807) is 24.3 Å². The number of ketones is 1. The molecule has 0 radical (unpaired) electrons. The van der Waals surface area contributed by atoms with Crippen molar-refractivity contribution in [3.05, 3.63) is 119 Å². The smallest absolute Gasteiger partial charge is 0.193 e. The highest BCUT2D eigenvalue weighted by Crippen LogP contribution is 2.43. The lowest BCUT2D eigenvalue weighted by Crippen LogP contribution is -2.30. The Hall–Kier alpha value is -3.43. The number of carbonyl (C=O) groups excluding carboxylic acids is 1. The number of hydrogen-bond donors (Lipinski definition) is 2. The van der Waals surface area contributed by atoms with Gasteiger partial charge in [0.15, 0.2) is 5.78 Å². The number of benzene rings is 3. The minimum Gasteiger partial charge on any atom is -0.508 e. The zero-order valence-electron chi connectivity index (χ0n) is 15.2. The lowest BCUT2D eigenvalue weighted by atomic mass is 9.75. The molecular formula is C25H20O3. The minimum atomic E-state index is -1.31. The molecular weight excluding hydrogens is 348 g/mol. The molecule has 28 heavy (non-hydrogen) atoms. The maximum absolute atomic E-state index is 13.2. The summed E-state index contributed by atoms with van der Waals surface area (Å²) in [6, 6.07) is 23.1. The van der Waals surface area contributed by atoms with Crippen LogP contribution in [-0.4, -0.2) is 16.0 Å². The fourth-order valence-electron chi connectivity index (χ4n) is 3.67. The SMILES string of the molecule is O=C(c1ccc(O)cc1)c1ccccc1C1(O)CC=CC=C1c1ccccc1. The average Bonchev–Trinajstić information content (AvgIpc) is 2.75. The van der Waals surface area contributed by atoms with Gasteiger partial charge >= 0.3 is 0 Å². The summed E-state index contributed by atoms with van der Waals surface area (Å²) in [5.74, 6) is -0.0823. The molecule has 1 aliphatic rings. The van der Waals surface area contributed by atoms with Gasteiger partial charge in [-0.1, -0.05) is 72.8 Å². The lowest BCUT2D eigenvalue weighted by Gasteiger charge is -2.34. The molecule has 1 atom stereocenters. The number of phenolic OH excluding ortho intramolecular Hbond substituents is 1. The van der Waals surface area contributed by atoms with Crippen molar-refractivity contribution >= 4 is 11.4 Å². The molecule has 4 rings (SSSR count). The number of aromatic hydroxyl groups is 1. The topological polar surface area (TPSA) is 57.5 Å². The van der Waals surface area contributed by atoms with Crippen LogP contribution in [0.15, 0.2) is 97.1 Å². The molecule has 0 saturated carbocycles. The van der Waals surface area contributed by atoms with Crippen molar-refractivity contribution in [2.75, 3.05) is 0 Å². The van der Waals surface area contributed by atoms with E-state index in [2.05, 4.69) is 0 Å². The molecule has 1 unspecified atom stereocenters. The van der Waals surface area contributed by atoms with E-state index < -0.39 is 5.60 Å². The Morgan fingerprint density at radius 3 is 2.29 bits per heavy atom. The van der Waals surface area contributed by atoms with Gasteiger partial charge in [-0.2, -0.15) is 0 Å². The van der Waals surface area contributed by atoms with Gasteiger partial charge < -0.3 is 10.2 Å². The molecule has 1 aliphatic carbocycles. The molecule has 0 heterocycles. The highest BCUT2D eigenvalue weighted by atomic mass is 16.3. The van der Waals surface area contributed by atoms with E-state index in [0.29, 0.717) is 23.1 Å². The maximum atomic E-state index is 13.2. The molecule has 0 fully saturated rings. The van der Waals surface area contributed by atoms with Crippen LogP contribution >= 0.6 is 0 Å². The largest absolute Gasteiger partial charge is 0.508 e. The van der Waals surface area contributed by atoms with Gasteiger partial charge in [-0.05, 0) is 41.0 Å². The normalized spacial score (nSPS) is 18.5. The first kappa shape index (κ1) is 18.0. The van der Waals surface area contributed by atoms with Crippen LogP contribution in [0.5, 0.6) is 5.75 Å². The Morgan fingerprint density at radius 2 is 1.54 bits per heavy atom. The Labute approximate surface area is 163 Å². The molecule has 0 amide bonds. The van der Waals surface area contributed by atoms with E-state index >= 15 is 0 Å². The number of rotatable bonds is 4. The number of allylic oxidation sites excluding steroid dienone is 2. The summed E-state index contributed by atoms with van der Waals surface area (Å²) in [4.78, 5) is 13.2. The van der Waals surface area contributed by atoms with Gasteiger partial charge in [-0.25, -0.2) is 0 Å². The van der Waals surface area contributed by atoms with Crippen molar-refractivity contribution in [1.82, 2.24) is 0 Å². The molecule has 0 saturated heterocycles. The van der Waals surface area contributed by atoms with E-state index in [-0.39, 0.29) is 11.5 Å². The van der Waals surface area contributed by atoms with Crippen molar-refractivity contribution in [2.24, 2.45) is 0 Å². The molecule has 138 valence electrons. The van der Waals surface area contributed by atoms with E-state index in [1.165, 1.54) is 12.1 Å². The van der Waals surface area contributed by atoms with Crippen molar-refractivity contribution < 1.29 is 15.0 Å². The van der Waals surface area contributed by atoms with Crippen LogP contribution in [0.3, 0.4) is 0 Å². The Bertz CT molecular complexity index is 1060. The van der Waals surface area contributed by atoms with E-state index in [4.69, 9.17) is 0 Å². The average molecular weight is 368 g/mol. The lowest BCUT2D eigenvalue weighted by molar-refractivity contribution is 0.0949. The van der Waals surface area contributed by atoms with Crippen LogP contribution in [0.4, 0.5) is 0 Å². The molecule has 0 aromatic heterocycles. The first-order chi connectivity index (χ1) is 13.6. The van der Waals surface area contributed by atoms with Gasteiger partial charge in [-0.15, -0.1) is 0 Å². The van der Waals surface area contributed by atoms with Crippen LogP contribution in [0.25, 0.3) is 5.57 Å². The predicted molar refractivity (Wildman–Crippen MR) is 110 cm³/mol. The zero-order valence-corrected chi connectivity index (χ0v) is 15.2. The molecule has 3 nitrogen and oxygen atoms in total. The second-order valence-electron chi connectivity index (χ2n) is 6.86. The molecule has 3 aromatic carbocycles. The van der Waals surface area contributed by atoms with Gasteiger partial charge in [0.05, 0.1) is 0 Å². The first-order valence-electron chi connectivity index (χ1n) is 9.18. The first-order valence-corrected chi connectivity index (χ1v) is 9.18. The third-order valence-corrected chi connectivity index (χ3v) is 5.09. The van der Waals surface area contributed by atoms with E-state index in [1.807, 2.05) is 60.7 Å². The van der Waals surface area contributed by atoms with Crippen LogP contribution in [0.1, 0.15) is 33.5 Å². The third-order valence-electron chi connectivity index (χ3n) is 5.09. The molecule has 0 bridgehead atoms. The summed E-state index contributed by atoms with van der Waals surface area (Å²) < 4.78 is 0. The van der Waals surface area contributed by atoms with Crippen molar-refractivity contribution in [2.45, 2.75) is 12.0 Å². The highest BCUT2D eigenvalue weighted by Gasteiger charge is 2.37. The van der Waals surface area contributed by atoms with Crippen LogP contribution in [-0.2, 0) is 5.60 Å². The number of hydrogen-bond acceptors (Lipinski definition) is 3. The predicted octanol–water partition coefficient (Wildman–Crippen LogP) is 4.85. The second-order valence-corrected chi connectivity index (χ2v) is 6.86. The van der Waals surface area contributed by atoms with Crippen LogP contribution in [0.2, 0.25) is 0 Å². The van der Waals surface area contributed by atoms with E-state index in [0.717, 1.165) is 11.1 Å². The Balaban J connectivity index is 1.83. The van der Waals surface area contributed by atoms with Crippen molar-refractivity contribution in [1.29, 1.82) is 0 Å². The third kappa shape index (κ3) is 3.17. The zero-order chi connectivity index (χ0) is 19.6. The quantitative estimate of drug-likeness (QED) is 0.647. The summed E-state index contributed by atoms with van der Waals surface area (Å²) in [7, 11) is 0.